The maximum Gasteiger partial charge on any atom is 0.135 e. The lowest BCUT2D eigenvalue weighted by atomic mass is 10.1. The molecule has 4 rings (SSSR count). The predicted octanol–water partition coefficient (Wildman–Crippen LogP) is 0.0591. The summed E-state index contributed by atoms with van der Waals surface area (Å²) < 4.78 is 0. The average molecular weight is 259 g/mol. The van der Waals surface area contributed by atoms with Crippen molar-refractivity contribution in [1.82, 2.24) is 20.2 Å². The van der Waals surface area contributed by atoms with Crippen molar-refractivity contribution >= 4 is 5.82 Å². The summed E-state index contributed by atoms with van der Waals surface area (Å²) in [5.41, 5.74) is 2.71. The number of hydrogen-bond acceptors (Lipinski definition) is 5. The third-order valence-corrected chi connectivity index (χ3v) is 4.74. The van der Waals surface area contributed by atoms with Gasteiger partial charge in [0.2, 0.25) is 0 Å². The fraction of sp³-hybridized carbons (Fsp3) is 0.714. The Hall–Kier alpha value is -1.20. The summed E-state index contributed by atoms with van der Waals surface area (Å²) in [5.74, 6) is 1.22. The largest absolute Gasteiger partial charge is 0.354 e. The van der Waals surface area contributed by atoms with Crippen LogP contribution in [0.4, 0.5) is 5.82 Å². The normalized spacial score (nSPS) is 24.3. The second-order valence-corrected chi connectivity index (χ2v) is 5.81. The van der Waals surface area contributed by atoms with E-state index in [1.165, 1.54) is 49.7 Å². The highest BCUT2D eigenvalue weighted by Gasteiger charge is 2.29. The first kappa shape index (κ1) is 11.6. The molecule has 1 N–H and O–H groups in total. The van der Waals surface area contributed by atoms with Crippen molar-refractivity contribution < 1.29 is 0 Å². The number of piperazine rings is 1. The summed E-state index contributed by atoms with van der Waals surface area (Å²) in [7, 11) is 0. The van der Waals surface area contributed by atoms with Crippen LogP contribution in [0.15, 0.2) is 6.33 Å². The van der Waals surface area contributed by atoms with E-state index in [9.17, 15) is 0 Å². The molecule has 2 fully saturated rings. The van der Waals surface area contributed by atoms with E-state index < -0.39 is 0 Å². The van der Waals surface area contributed by atoms with E-state index in [2.05, 4.69) is 25.1 Å². The molecule has 1 aliphatic carbocycles. The molecule has 2 aliphatic heterocycles. The summed E-state index contributed by atoms with van der Waals surface area (Å²) in [6.45, 7) is 6.90. The second-order valence-electron chi connectivity index (χ2n) is 5.81. The van der Waals surface area contributed by atoms with Gasteiger partial charge in [-0.25, -0.2) is 9.97 Å². The topological polar surface area (TPSA) is 44.3 Å². The lowest BCUT2D eigenvalue weighted by Crippen LogP contribution is -2.61. The Morgan fingerprint density at radius 3 is 2.63 bits per heavy atom. The first-order valence-electron chi connectivity index (χ1n) is 7.44. The minimum absolute atomic E-state index is 0.776. The van der Waals surface area contributed by atoms with Crippen LogP contribution in [0.3, 0.4) is 0 Å². The van der Waals surface area contributed by atoms with Crippen molar-refractivity contribution in [2.24, 2.45) is 0 Å². The molecular formula is C14H21N5. The van der Waals surface area contributed by atoms with Gasteiger partial charge in [0, 0.05) is 56.6 Å². The van der Waals surface area contributed by atoms with E-state index in [0.29, 0.717) is 0 Å². The van der Waals surface area contributed by atoms with Crippen molar-refractivity contribution in [1.29, 1.82) is 0 Å². The SMILES string of the molecule is c1nc2c(c(N3CCN(C4CNC4)CC3)n1)CCC2. The number of aryl methyl sites for hydroxylation is 1. The molecule has 0 radical (unpaired) electrons. The summed E-state index contributed by atoms with van der Waals surface area (Å²) in [5, 5.41) is 3.36. The van der Waals surface area contributed by atoms with Crippen LogP contribution in [-0.2, 0) is 12.8 Å². The molecule has 1 aromatic heterocycles. The Morgan fingerprint density at radius 2 is 1.89 bits per heavy atom. The molecule has 0 unspecified atom stereocenters. The smallest absolute Gasteiger partial charge is 0.135 e. The van der Waals surface area contributed by atoms with Crippen molar-refractivity contribution in [3.63, 3.8) is 0 Å². The van der Waals surface area contributed by atoms with Crippen LogP contribution in [0, 0.1) is 0 Å². The molecule has 0 bridgehead atoms. The maximum atomic E-state index is 4.56. The molecule has 3 heterocycles. The molecular weight excluding hydrogens is 238 g/mol. The number of rotatable bonds is 2. The zero-order chi connectivity index (χ0) is 12.7. The van der Waals surface area contributed by atoms with Crippen LogP contribution in [0.5, 0.6) is 0 Å². The zero-order valence-corrected chi connectivity index (χ0v) is 11.3. The molecule has 19 heavy (non-hydrogen) atoms. The lowest BCUT2D eigenvalue weighted by molar-refractivity contribution is 0.137. The Morgan fingerprint density at radius 1 is 1.05 bits per heavy atom. The predicted molar refractivity (Wildman–Crippen MR) is 74.5 cm³/mol. The van der Waals surface area contributed by atoms with E-state index in [1.807, 2.05) is 0 Å². The number of hydrogen-bond donors (Lipinski definition) is 1. The maximum absolute atomic E-state index is 4.56. The van der Waals surface area contributed by atoms with Gasteiger partial charge in [0.25, 0.3) is 0 Å². The molecule has 0 aromatic carbocycles. The Bertz CT molecular complexity index is 463. The number of anilines is 1. The highest BCUT2D eigenvalue weighted by Crippen LogP contribution is 2.28. The van der Waals surface area contributed by atoms with E-state index in [-0.39, 0.29) is 0 Å². The molecule has 0 saturated carbocycles. The minimum atomic E-state index is 0.776. The molecule has 0 amide bonds. The van der Waals surface area contributed by atoms with E-state index in [4.69, 9.17) is 0 Å². The first-order chi connectivity index (χ1) is 9.42. The van der Waals surface area contributed by atoms with Gasteiger partial charge in [-0.3, -0.25) is 4.90 Å². The molecule has 2 saturated heterocycles. The average Bonchev–Trinajstić information content (AvgIpc) is 2.86. The van der Waals surface area contributed by atoms with Gasteiger partial charge < -0.3 is 10.2 Å². The molecule has 5 nitrogen and oxygen atoms in total. The lowest BCUT2D eigenvalue weighted by Gasteiger charge is -2.43. The van der Waals surface area contributed by atoms with Gasteiger partial charge in [0.15, 0.2) is 0 Å². The highest BCUT2D eigenvalue weighted by molar-refractivity contribution is 5.50. The summed E-state index contributed by atoms with van der Waals surface area (Å²) >= 11 is 0. The summed E-state index contributed by atoms with van der Waals surface area (Å²) in [6, 6.07) is 0.776. The number of fused-ring (bicyclic) bond motifs is 1. The quantitative estimate of drug-likeness (QED) is 0.813. The number of aromatic nitrogens is 2. The van der Waals surface area contributed by atoms with Gasteiger partial charge >= 0.3 is 0 Å². The van der Waals surface area contributed by atoms with Gasteiger partial charge in [-0.15, -0.1) is 0 Å². The second kappa shape index (κ2) is 4.72. The third-order valence-electron chi connectivity index (χ3n) is 4.74. The van der Waals surface area contributed by atoms with Gasteiger partial charge in [-0.1, -0.05) is 0 Å². The van der Waals surface area contributed by atoms with Gasteiger partial charge in [-0.05, 0) is 19.3 Å². The van der Waals surface area contributed by atoms with Gasteiger partial charge in [0.1, 0.15) is 12.1 Å². The van der Waals surface area contributed by atoms with Crippen LogP contribution in [-0.4, -0.2) is 60.2 Å². The van der Waals surface area contributed by atoms with E-state index in [1.54, 1.807) is 6.33 Å². The Labute approximate surface area is 114 Å². The van der Waals surface area contributed by atoms with Crippen LogP contribution in [0.1, 0.15) is 17.7 Å². The minimum Gasteiger partial charge on any atom is -0.354 e. The van der Waals surface area contributed by atoms with Crippen LogP contribution < -0.4 is 10.2 Å². The van der Waals surface area contributed by atoms with Gasteiger partial charge in [-0.2, -0.15) is 0 Å². The van der Waals surface area contributed by atoms with Crippen molar-refractivity contribution in [2.45, 2.75) is 25.3 Å². The number of nitrogens with zero attached hydrogens (tertiary/aromatic N) is 4. The standard InChI is InChI=1S/C14H21N5/c1-2-12-13(3-1)16-10-17-14(12)19-6-4-18(5-7-19)11-8-15-9-11/h10-11,15H,1-9H2. The molecule has 5 heteroatoms. The highest BCUT2D eigenvalue weighted by atomic mass is 15.3. The Balaban J connectivity index is 1.48. The molecule has 0 spiro atoms. The summed E-state index contributed by atoms with van der Waals surface area (Å²) in [4.78, 5) is 14.1. The zero-order valence-electron chi connectivity index (χ0n) is 11.3. The van der Waals surface area contributed by atoms with E-state index >= 15 is 0 Å². The van der Waals surface area contributed by atoms with Crippen LogP contribution in [0.25, 0.3) is 0 Å². The number of nitrogens with one attached hydrogen (secondary N) is 1. The van der Waals surface area contributed by atoms with E-state index in [0.717, 1.165) is 32.0 Å². The fourth-order valence-corrected chi connectivity index (χ4v) is 3.45. The van der Waals surface area contributed by atoms with Crippen molar-refractivity contribution in [3.05, 3.63) is 17.6 Å². The fourth-order valence-electron chi connectivity index (χ4n) is 3.45. The van der Waals surface area contributed by atoms with Crippen LogP contribution >= 0.6 is 0 Å². The van der Waals surface area contributed by atoms with Crippen molar-refractivity contribution in [2.75, 3.05) is 44.2 Å². The molecule has 102 valence electrons. The van der Waals surface area contributed by atoms with Gasteiger partial charge in [0.05, 0.1) is 0 Å². The summed E-state index contributed by atoms with van der Waals surface area (Å²) in [6.07, 6.45) is 5.30. The molecule has 3 aliphatic rings. The van der Waals surface area contributed by atoms with Crippen LogP contribution in [0.2, 0.25) is 0 Å². The first-order valence-corrected chi connectivity index (χ1v) is 7.44. The molecule has 0 atom stereocenters. The third kappa shape index (κ3) is 2.01. The monoisotopic (exact) mass is 259 g/mol. The molecule has 1 aromatic rings. The van der Waals surface area contributed by atoms with Crippen molar-refractivity contribution in [3.8, 4) is 0 Å². The Kier molecular flexibility index (Phi) is 2.89.